The van der Waals surface area contributed by atoms with E-state index in [4.69, 9.17) is 4.74 Å². The Kier molecular flexibility index (Phi) is 5.22. The number of ether oxygens (including phenoxy) is 1. The van der Waals surface area contributed by atoms with Crippen molar-refractivity contribution in [3.63, 3.8) is 0 Å². The molecule has 0 aromatic heterocycles. The second-order valence-corrected chi connectivity index (χ2v) is 6.22. The first-order valence-electron chi connectivity index (χ1n) is 6.42. The summed E-state index contributed by atoms with van der Waals surface area (Å²) in [6, 6.07) is 0.449. The molecule has 1 heterocycles. The third-order valence-corrected chi connectivity index (χ3v) is 3.20. The molecule has 1 fully saturated rings. The molecular formula is C13H28N2O. The molecule has 2 atom stereocenters. The van der Waals surface area contributed by atoms with Gasteiger partial charge in [-0.25, -0.2) is 0 Å². The molecule has 0 radical (unpaired) electrons. The van der Waals surface area contributed by atoms with Crippen LogP contribution < -0.4 is 5.32 Å². The van der Waals surface area contributed by atoms with Crippen LogP contribution in [0.4, 0.5) is 0 Å². The highest BCUT2D eigenvalue weighted by molar-refractivity contribution is 4.79. The second-order valence-electron chi connectivity index (χ2n) is 6.22. The van der Waals surface area contributed by atoms with Crippen LogP contribution in [-0.2, 0) is 4.74 Å². The zero-order chi connectivity index (χ0) is 12.2. The van der Waals surface area contributed by atoms with E-state index >= 15 is 0 Å². The molecule has 0 amide bonds. The quantitative estimate of drug-likeness (QED) is 0.793. The topological polar surface area (TPSA) is 24.5 Å². The van der Waals surface area contributed by atoms with Crippen molar-refractivity contribution in [3.8, 4) is 0 Å². The van der Waals surface area contributed by atoms with Crippen LogP contribution in [0.3, 0.4) is 0 Å². The van der Waals surface area contributed by atoms with Crippen LogP contribution in [0.1, 0.15) is 34.1 Å². The maximum absolute atomic E-state index is 5.79. The maximum atomic E-state index is 5.79. The van der Waals surface area contributed by atoms with E-state index in [9.17, 15) is 0 Å². The predicted octanol–water partition coefficient (Wildman–Crippen LogP) is 1.73. The highest BCUT2D eigenvalue weighted by atomic mass is 16.5. The van der Waals surface area contributed by atoms with Gasteiger partial charge in [-0.2, -0.15) is 0 Å². The van der Waals surface area contributed by atoms with Gasteiger partial charge in [0.05, 0.1) is 12.7 Å². The lowest BCUT2D eigenvalue weighted by Crippen LogP contribution is -2.50. The van der Waals surface area contributed by atoms with Gasteiger partial charge in [0, 0.05) is 19.1 Å². The van der Waals surface area contributed by atoms with Crippen molar-refractivity contribution in [1.82, 2.24) is 10.2 Å². The Morgan fingerprint density at radius 1 is 1.44 bits per heavy atom. The highest BCUT2D eigenvalue weighted by Gasteiger charge is 2.23. The Morgan fingerprint density at radius 2 is 2.12 bits per heavy atom. The van der Waals surface area contributed by atoms with Gasteiger partial charge in [0.25, 0.3) is 0 Å². The first-order valence-corrected chi connectivity index (χ1v) is 6.42. The van der Waals surface area contributed by atoms with Crippen LogP contribution in [0.15, 0.2) is 0 Å². The number of nitrogens with zero attached hydrogens (tertiary/aromatic N) is 1. The van der Waals surface area contributed by atoms with Gasteiger partial charge in [0.15, 0.2) is 0 Å². The predicted molar refractivity (Wildman–Crippen MR) is 68.8 cm³/mol. The summed E-state index contributed by atoms with van der Waals surface area (Å²) >= 11 is 0. The van der Waals surface area contributed by atoms with Crippen molar-refractivity contribution < 1.29 is 4.74 Å². The zero-order valence-corrected chi connectivity index (χ0v) is 11.5. The summed E-state index contributed by atoms with van der Waals surface area (Å²) in [4.78, 5) is 2.34. The fourth-order valence-electron chi connectivity index (χ4n) is 1.92. The number of hydrogen-bond donors (Lipinski definition) is 1. The minimum Gasteiger partial charge on any atom is -0.374 e. The SMILES string of the molecule is C[C@H](NCCC(C)(C)C)[C@@H]1CN(C)CCO1. The van der Waals surface area contributed by atoms with E-state index in [1.807, 2.05) is 0 Å². The Hall–Kier alpha value is -0.120. The normalized spacial score (nSPS) is 25.7. The monoisotopic (exact) mass is 228 g/mol. The Labute approximate surface area is 101 Å². The summed E-state index contributed by atoms with van der Waals surface area (Å²) < 4.78 is 5.79. The van der Waals surface area contributed by atoms with Crippen LogP contribution in [-0.4, -0.2) is 50.3 Å². The number of hydrogen-bond acceptors (Lipinski definition) is 3. The van der Waals surface area contributed by atoms with Gasteiger partial charge in [-0.1, -0.05) is 20.8 Å². The van der Waals surface area contributed by atoms with E-state index in [0.717, 1.165) is 26.2 Å². The van der Waals surface area contributed by atoms with E-state index in [1.165, 1.54) is 6.42 Å². The molecule has 1 saturated heterocycles. The van der Waals surface area contributed by atoms with Gasteiger partial charge in [0.1, 0.15) is 0 Å². The summed E-state index contributed by atoms with van der Waals surface area (Å²) in [5, 5.41) is 3.58. The molecule has 0 spiro atoms. The zero-order valence-electron chi connectivity index (χ0n) is 11.5. The first kappa shape index (κ1) is 13.9. The molecule has 0 aromatic rings. The van der Waals surface area contributed by atoms with Crippen LogP contribution in [0.2, 0.25) is 0 Å². The second kappa shape index (κ2) is 5.99. The maximum Gasteiger partial charge on any atom is 0.0852 e. The van der Waals surface area contributed by atoms with Gasteiger partial charge >= 0.3 is 0 Å². The number of nitrogens with one attached hydrogen (secondary N) is 1. The van der Waals surface area contributed by atoms with Crippen molar-refractivity contribution in [1.29, 1.82) is 0 Å². The molecule has 1 rings (SSSR count). The minimum absolute atomic E-state index is 0.346. The molecule has 3 nitrogen and oxygen atoms in total. The van der Waals surface area contributed by atoms with Crippen molar-refractivity contribution in [2.75, 3.05) is 33.3 Å². The van der Waals surface area contributed by atoms with E-state index in [2.05, 4.69) is 45.0 Å². The van der Waals surface area contributed by atoms with Crippen LogP contribution in [0.25, 0.3) is 0 Å². The van der Waals surface area contributed by atoms with Crippen molar-refractivity contribution in [2.24, 2.45) is 5.41 Å². The molecule has 3 heteroatoms. The van der Waals surface area contributed by atoms with Crippen molar-refractivity contribution >= 4 is 0 Å². The van der Waals surface area contributed by atoms with E-state index in [0.29, 0.717) is 17.6 Å². The molecule has 96 valence electrons. The van der Waals surface area contributed by atoms with Crippen molar-refractivity contribution in [2.45, 2.75) is 46.3 Å². The molecule has 0 unspecified atom stereocenters. The van der Waals surface area contributed by atoms with Crippen LogP contribution in [0, 0.1) is 5.41 Å². The molecule has 0 bridgehead atoms. The fourth-order valence-corrected chi connectivity index (χ4v) is 1.92. The summed E-state index contributed by atoms with van der Waals surface area (Å²) in [6.45, 7) is 13.1. The number of rotatable bonds is 4. The largest absolute Gasteiger partial charge is 0.374 e. The minimum atomic E-state index is 0.346. The van der Waals surface area contributed by atoms with Gasteiger partial charge in [0.2, 0.25) is 0 Å². The third kappa shape index (κ3) is 5.28. The average Bonchev–Trinajstić information content (AvgIpc) is 2.15. The average molecular weight is 228 g/mol. The molecular weight excluding hydrogens is 200 g/mol. The first-order chi connectivity index (χ1) is 7.38. The molecule has 1 N–H and O–H groups in total. The van der Waals surface area contributed by atoms with Crippen molar-refractivity contribution in [3.05, 3.63) is 0 Å². The summed E-state index contributed by atoms with van der Waals surface area (Å²) in [7, 11) is 2.16. The smallest absolute Gasteiger partial charge is 0.0852 e. The summed E-state index contributed by atoms with van der Waals surface area (Å²) in [5.41, 5.74) is 0.414. The summed E-state index contributed by atoms with van der Waals surface area (Å²) in [5.74, 6) is 0. The molecule has 16 heavy (non-hydrogen) atoms. The highest BCUT2D eigenvalue weighted by Crippen LogP contribution is 2.17. The lowest BCUT2D eigenvalue weighted by atomic mass is 9.92. The lowest BCUT2D eigenvalue weighted by molar-refractivity contribution is -0.0355. The summed E-state index contributed by atoms with van der Waals surface area (Å²) in [6.07, 6.45) is 1.55. The number of likely N-dealkylation sites (N-methyl/N-ethyl adjacent to an activating group) is 1. The Morgan fingerprint density at radius 3 is 2.69 bits per heavy atom. The van der Waals surface area contributed by atoms with E-state index in [1.54, 1.807) is 0 Å². The van der Waals surface area contributed by atoms with Gasteiger partial charge in [-0.05, 0) is 32.4 Å². The van der Waals surface area contributed by atoms with Crippen LogP contribution in [0.5, 0.6) is 0 Å². The van der Waals surface area contributed by atoms with Gasteiger partial charge in [-0.15, -0.1) is 0 Å². The van der Waals surface area contributed by atoms with Gasteiger partial charge in [-0.3, -0.25) is 0 Å². The molecule has 0 aliphatic carbocycles. The lowest BCUT2D eigenvalue weighted by Gasteiger charge is -2.34. The Balaban J connectivity index is 2.21. The standard InChI is InChI=1S/C13H28N2O/c1-11(14-7-6-13(2,3)4)12-10-15(5)8-9-16-12/h11-12,14H,6-10H2,1-5H3/t11-,12-/m0/s1. The number of morpholine rings is 1. The molecule has 0 aromatic carbocycles. The van der Waals surface area contributed by atoms with Gasteiger partial charge < -0.3 is 15.0 Å². The molecule has 0 saturated carbocycles. The Bertz CT molecular complexity index is 201. The third-order valence-electron chi connectivity index (χ3n) is 3.20. The molecule has 1 aliphatic heterocycles. The fraction of sp³-hybridized carbons (Fsp3) is 1.00. The van der Waals surface area contributed by atoms with Crippen LogP contribution >= 0.6 is 0 Å². The molecule has 1 aliphatic rings. The van der Waals surface area contributed by atoms with E-state index < -0.39 is 0 Å². The van der Waals surface area contributed by atoms with E-state index in [-0.39, 0.29) is 0 Å².